The average molecular weight is 358 g/mol. The Balaban J connectivity index is 1.64. The van der Waals surface area contributed by atoms with Crippen LogP contribution >= 0.6 is 0 Å². The van der Waals surface area contributed by atoms with Crippen LogP contribution in [0.5, 0.6) is 5.75 Å². The molecule has 3 aliphatic carbocycles. The first-order valence-electron chi connectivity index (χ1n) is 10.1. The largest absolute Gasteiger partial charge is 0.508 e. The number of likely N-dealkylation sites (tertiary alicyclic amines) is 1. The first kappa shape index (κ1) is 17.0. The van der Waals surface area contributed by atoms with E-state index in [2.05, 4.69) is 10.2 Å². The first-order valence-corrected chi connectivity index (χ1v) is 10.1. The van der Waals surface area contributed by atoms with Crippen molar-refractivity contribution in [3.05, 3.63) is 29.3 Å². The fourth-order valence-electron chi connectivity index (χ4n) is 6.23. The van der Waals surface area contributed by atoms with Crippen LogP contribution in [0.3, 0.4) is 0 Å². The van der Waals surface area contributed by atoms with Crippen molar-refractivity contribution in [3.63, 3.8) is 0 Å². The fraction of sp³-hybridized carbons (Fsp3) is 0.714. The SMILES string of the molecule is CN[C@@H]1C[C@@]2(O)[C@H]3Cc4ccc(O)cc4[C@@]2(CCN3CC2CC2)C[C@@H]1O. The number of aliphatic hydroxyl groups is 2. The summed E-state index contributed by atoms with van der Waals surface area (Å²) in [4.78, 5) is 2.52. The fourth-order valence-corrected chi connectivity index (χ4v) is 6.23. The molecule has 0 unspecified atom stereocenters. The van der Waals surface area contributed by atoms with Crippen molar-refractivity contribution >= 4 is 0 Å². The number of aromatic hydroxyl groups is 1. The second kappa shape index (κ2) is 5.68. The molecule has 4 aliphatic rings. The summed E-state index contributed by atoms with van der Waals surface area (Å²) in [5.74, 6) is 1.05. The molecule has 2 saturated carbocycles. The number of fused-ring (bicyclic) bond motifs is 1. The number of benzene rings is 1. The van der Waals surface area contributed by atoms with E-state index in [0.29, 0.717) is 12.8 Å². The van der Waals surface area contributed by atoms with Crippen LogP contribution < -0.4 is 5.32 Å². The molecule has 1 saturated heterocycles. The van der Waals surface area contributed by atoms with Gasteiger partial charge in [0, 0.05) is 24.0 Å². The van der Waals surface area contributed by atoms with Gasteiger partial charge in [-0.2, -0.15) is 0 Å². The molecule has 0 spiro atoms. The van der Waals surface area contributed by atoms with Gasteiger partial charge >= 0.3 is 0 Å². The van der Waals surface area contributed by atoms with Crippen LogP contribution in [0.2, 0.25) is 0 Å². The van der Waals surface area contributed by atoms with Gasteiger partial charge in [0.15, 0.2) is 0 Å². The van der Waals surface area contributed by atoms with Crippen molar-refractivity contribution in [3.8, 4) is 5.75 Å². The van der Waals surface area contributed by atoms with E-state index in [1.54, 1.807) is 6.07 Å². The molecule has 2 bridgehead atoms. The van der Waals surface area contributed by atoms with Gasteiger partial charge in [-0.25, -0.2) is 0 Å². The van der Waals surface area contributed by atoms with E-state index < -0.39 is 17.1 Å². The smallest absolute Gasteiger partial charge is 0.115 e. The van der Waals surface area contributed by atoms with Gasteiger partial charge in [-0.3, -0.25) is 4.90 Å². The summed E-state index contributed by atoms with van der Waals surface area (Å²) in [6.45, 7) is 2.05. The summed E-state index contributed by atoms with van der Waals surface area (Å²) in [5, 5.41) is 36.3. The van der Waals surface area contributed by atoms with Crippen molar-refractivity contribution in [1.82, 2.24) is 10.2 Å². The van der Waals surface area contributed by atoms with E-state index in [1.807, 2.05) is 19.2 Å². The molecule has 0 radical (unpaired) electrons. The van der Waals surface area contributed by atoms with Crippen molar-refractivity contribution < 1.29 is 15.3 Å². The molecule has 0 amide bonds. The Morgan fingerprint density at radius 3 is 2.81 bits per heavy atom. The highest BCUT2D eigenvalue weighted by Crippen LogP contribution is 2.58. The number of phenols is 1. The van der Waals surface area contributed by atoms with Gasteiger partial charge < -0.3 is 20.6 Å². The van der Waals surface area contributed by atoms with Crippen LogP contribution in [0, 0.1) is 5.92 Å². The van der Waals surface area contributed by atoms with Crippen LogP contribution in [0.4, 0.5) is 0 Å². The number of hydrogen-bond acceptors (Lipinski definition) is 5. The molecular formula is C21H30N2O3. The van der Waals surface area contributed by atoms with E-state index in [9.17, 15) is 15.3 Å². The molecule has 5 heteroatoms. The quantitative estimate of drug-likeness (QED) is 0.652. The summed E-state index contributed by atoms with van der Waals surface area (Å²) >= 11 is 0. The molecule has 5 nitrogen and oxygen atoms in total. The minimum atomic E-state index is -0.867. The number of hydrogen-bond donors (Lipinski definition) is 4. The highest BCUT2D eigenvalue weighted by atomic mass is 16.3. The molecule has 26 heavy (non-hydrogen) atoms. The number of nitrogens with one attached hydrogen (secondary N) is 1. The molecule has 1 aromatic carbocycles. The Morgan fingerprint density at radius 1 is 1.27 bits per heavy atom. The average Bonchev–Trinajstić information content (AvgIpc) is 3.42. The van der Waals surface area contributed by atoms with E-state index in [-0.39, 0.29) is 17.8 Å². The zero-order valence-corrected chi connectivity index (χ0v) is 15.5. The second-order valence-electron chi connectivity index (χ2n) is 9.13. The van der Waals surface area contributed by atoms with E-state index in [4.69, 9.17) is 0 Å². The summed E-state index contributed by atoms with van der Waals surface area (Å²) in [5.41, 5.74) is 0.967. The van der Waals surface area contributed by atoms with Gasteiger partial charge in [-0.05, 0) is 81.3 Å². The lowest BCUT2D eigenvalue weighted by atomic mass is 9.48. The van der Waals surface area contributed by atoms with Gasteiger partial charge in [-0.1, -0.05) is 6.07 Å². The highest BCUT2D eigenvalue weighted by Gasteiger charge is 2.66. The Morgan fingerprint density at radius 2 is 2.08 bits per heavy atom. The minimum absolute atomic E-state index is 0.0876. The Labute approximate surface area is 155 Å². The molecular weight excluding hydrogens is 328 g/mol. The Hall–Kier alpha value is -1.14. The van der Waals surface area contributed by atoms with Gasteiger partial charge in [0.2, 0.25) is 0 Å². The van der Waals surface area contributed by atoms with Gasteiger partial charge in [0.05, 0.1) is 11.7 Å². The molecule has 5 atom stereocenters. The lowest BCUT2D eigenvalue weighted by Crippen LogP contribution is -2.76. The standard InChI is InChI=1S/C21H30N2O3/c1-22-17-10-21(26)19-8-14-4-5-15(24)9-16(14)20(21,11-18(17)25)6-7-23(19)12-13-2-3-13/h4-5,9,13,17-19,22,24-26H,2-3,6-8,10-12H2,1H3/t17-,18+,19-,20-,21-/m1/s1. The van der Waals surface area contributed by atoms with E-state index in [1.165, 1.54) is 18.4 Å². The van der Waals surface area contributed by atoms with Crippen molar-refractivity contribution in [2.45, 2.75) is 67.7 Å². The van der Waals surface area contributed by atoms with E-state index >= 15 is 0 Å². The van der Waals surface area contributed by atoms with Gasteiger partial charge in [0.25, 0.3) is 0 Å². The van der Waals surface area contributed by atoms with Crippen molar-refractivity contribution in [2.75, 3.05) is 20.1 Å². The van der Waals surface area contributed by atoms with Crippen LogP contribution in [0.15, 0.2) is 18.2 Å². The predicted octanol–water partition coefficient (Wildman–Crippen LogP) is 1.14. The molecule has 3 fully saturated rings. The first-order chi connectivity index (χ1) is 12.5. The molecule has 142 valence electrons. The van der Waals surface area contributed by atoms with Crippen LogP contribution in [0.25, 0.3) is 0 Å². The number of phenolic OH excluding ortho intramolecular Hbond substituents is 1. The van der Waals surface area contributed by atoms with Crippen LogP contribution in [0.1, 0.15) is 43.2 Å². The maximum absolute atomic E-state index is 12.1. The highest BCUT2D eigenvalue weighted by molar-refractivity contribution is 5.48. The van der Waals surface area contributed by atoms with Gasteiger partial charge in [-0.15, -0.1) is 0 Å². The van der Waals surface area contributed by atoms with Crippen molar-refractivity contribution in [1.29, 1.82) is 0 Å². The Kier molecular flexibility index (Phi) is 3.71. The third kappa shape index (κ3) is 2.24. The topological polar surface area (TPSA) is 76.0 Å². The minimum Gasteiger partial charge on any atom is -0.508 e. The number of rotatable bonds is 3. The second-order valence-corrected chi connectivity index (χ2v) is 9.13. The summed E-state index contributed by atoms with van der Waals surface area (Å²) in [6, 6.07) is 5.64. The molecule has 1 aliphatic heterocycles. The normalized spacial score (nSPS) is 42.2. The monoisotopic (exact) mass is 358 g/mol. The number of likely N-dealkylation sites (N-methyl/N-ethyl adjacent to an activating group) is 1. The molecule has 4 N–H and O–H groups in total. The number of nitrogens with zero attached hydrogens (tertiary/aromatic N) is 1. The maximum Gasteiger partial charge on any atom is 0.115 e. The third-order valence-corrected chi connectivity index (χ3v) is 7.78. The lowest BCUT2D eigenvalue weighted by Gasteiger charge is -2.65. The van der Waals surface area contributed by atoms with Crippen molar-refractivity contribution in [2.24, 2.45) is 5.92 Å². The maximum atomic E-state index is 12.1. The lowest BCUT2D eigenvalue weighted by molar-refractivity contribution is -0.189. The molecule has 5 rings (SSSR count). The summed E-state index contributed by atoms with van der Waals surface area (Å²) in [6.07, 6.45) is 4.93. The number of piperidine rings is 1. The van der Waals surface area contributed by atoms with E-state index in [0.717, 1.165) is 37.4 Å². The molecule has 1 aromatic rings. The van der Waals surface area contributed by atoms with Crippen LogP contribution in [-0.2, 0) is 11.8 Å². The molecule has 1 heterocycles. The van der Waals surface area contributed by atoms with Crippen LogP contribution in [-0.4, -0.2) is 64.1 Å². The molecule has 0 aromatic heterocycles. The summed E-state index contributed by atoms with van der Waals surface area (Å²) in [7, 11) is 1.87. The number of aliphatic hydroxyl groups excluding tert-OH is 1. The predicted molar refractivity (Wildman–Crippen MR) is 99.2 cm³/mol. The third-order valence-electron chi connectivity index (χ3n) is 7.78. The Bertz CT molecular complexity index is 721. The zero-order chi connectivity index (χ0) is 18.1. The van der Waals surface area contributed by atoms with Gasteiger partial charge in [0.1, 0.15) is 5.75 Å². The zero-order valence-electron chi connectivity index (χ0n) is 15.5. The summed E-state index contributed by atoms with van der Waals surface area (Å²) < 4.78 is 0.